The molecular formula is C22H34O2. The second kappa shape index (κ2) is 5.42. The van der Waals surface area contributed by atoms with Crippen molar-refractivity contribution in [1.82, 2.24) is 0 Å². The third kappa shape index (κ3) is 2.07. The van der Waals surface area contributed by atoms with Crippen LogP contribution < -0.4 is 0 Å². The van der Waals surface area contributed by atoms with Crippen LogP contribution in [0.25, 0.3) is 0 Å². The fraction of sp³-hybridized carbons (Fsp3) is 0.909. The van der Waals surface area contributed by atoms with Crippen molar-refractivity contribution in [2.75, 3.05) is 0 Å². The quantitative estimate of drug-likeness (QED) is 0.674. The zero-order valence-electron chi connectivity index (χ0n) is 15.9. The van der Waals surface area contributed by atoms with Gasteiger partial charge >= 0.3 is 0 Å². The lowest BCUT2D eigenvalue weighted by molar-refractivity contribution is -0.159. The van der Waals surface area contributed by atoms with Gasteiger partial charge in [-0.25, -0.2) is 0 Å². The zero-order valence-corrected chi connectivity index (χ0v) is 15.9. The largest absolute Gasteiger partial charge is 0.300 e. The van der Waals surface area contributed by atoms with Crippen LogP contribution in [0.15, 0.2) is 0 Å². The van der Waals surface area contributed by atoms with Crippen molar-refractivity contribution in [2.45, 2.75) is 79.1 Å². The van der Waals surface area contributed by atoms with Crippen LogP contribution in [0.3, 0.4) is 0 Å². The average Bonchev–Trinajstić information content (AvgIpc) is 2.88. The molecule has 134 valence electrons. The Morgan fingerprint density at radius 3 is 2.50 bits per heavy atom. The summed E-state index contributed by atoms with van der Waals surface area (Å²) < 4.78 is 0. The summed E-state index contributed by atoms with van der Waals surface area (Å²) in [5.41, 5.74) is 0.0267. The van der Waals surface area contributed by atoms with Crippen LogP contribution in [0.4, 0.5) is 0 Å². The van der Waals surface area contributed by atoms with Gasteiger partial charge in [0.2, 0.25) is 0 Å². The van der Waals surface area contributed by atoms with Crippen LogP contribution in [0, 0.1) is 46.3 Å². The van der Waals surface area contributed by atoms with Gasteiger partial charge in [0.05, 0.1) is 0 Å². The van der Waals surface area contributed by atoms with Crippen molar-refractivity contribution in [3.63, 3.8) is 0 Å². The summed E-state index contributed by atoms with van der Waals surface area (Å²) in [5, 5.41) is 0. The molecule has 3 unspecified atom stereocenters. The van der Waals surface area contributed by atoms with Gasteiger partial charge in [-0.15, -0.1) is 0 Å². The first kappa shape index (κ1) is 16.8. The van der Waals surface area contributed by atoms with E-state index in [0.29, 0.717) is 29.0 Å². The van der Waals surface area contributed by atoms with E-state index < -0.39 is 0 Å². The van der Waals surface area contributed by atoms with Crippen molar-refractivity contribution < 1.29 is 9.59 Å². The molecule has 4 fully saturated rings. The molecule has 8 atom stereocenters. The molecule has 0 aromatic heterocycles. The minimum atomic E-state index is -0.349. The smallest absolute Gasteiger partial charge is 0.140 e. The Bertz CT molecular complexity index is 566. The Balaban J connectivity index is 1.68. The Hall–Kier alpha value is -0.660. The molecule has 4 aliphatic rings. The molecule has 0 spiro atoms. The highest BCUT2D eigenvalue weighted by atomic mass is 16.1. The number of hydrogen-bond donors (Lipinski definition) is 0. The molecule has 0 N–H and O–H groups in total. The molecule has 2 nitrogen and oxygen atoms in total. The molecule has 4 saturated carbocycles. The highest BCUT2D eigenvalue weighted by molar-refractivity contribution is 5.93. The van der Waals surface area contributed by atoms with Gasteiger partial charge in [0.1, 0.15) is 11.6 Å². The van der Waals surface area contributed by atoms with Crippen molar-refractivity contribution in [3.05, 3.63) is 0 Å². The molecule has 24 heavy (non-hydrogen) atoms. The number of carbonyl (C=O) groups excluding carboxylic acids is 2. The SMILES string of the molecule is CC(=O)[C@H]1CCC2C3CC[C@H]4C[C@H](C)CC[C@]4(C)C3CC(=O)[C@@]21C. The molecule has 2 heteroatoms. The van der Waals surface area contributed by atoms with Gasteiger partial charge in [-0.2, -0.15) is 0 Å². The predicted molar refractivity (Wildman–Crippen MR) is 95.5 cm³/mol. The standard InChI is InChI=1S/C22H34O2/c1-13-9-10-21(3)15(11-13)5-6-16-18-8-7-17(14(2)23)22(18,4)20(24)12-19(16)21/h13,15-19H,5-12H2,1-4H3/t13-,15+,16?,17-,18?,19?,21+,22-/m1/s1. The Morgan fingerprint density at radius 1 is 1.04 bits per heavy atom. The first-order chi connectivity index (χ1) is 11.3. The van der Waals surface area contributed by atoms with E-state index in [1.165, 1.54) is 32.1 Å². The highest BCUT2D eigenvalue weighted by Gasteiger charge is 2.64. The maximum Gasteiger partial charge on any atom is 0.140 e. The molecule has 0 aromatic rings. The number of Topliss-reactive ketones (excluding diaryl/α,β-unsaturated/α-hetero) is 2. The van der Waals surface area contributed by atoms with Gasteiger partial charge in [-0.05, 0) is 80.5 Å². The van der Waals surface area contributed by atoms with E-state index in [4.69, 9.17) is 0 Å². The minimum Gasteiger partial charge on any atom is -0.300 e. The predicted octanol–water partition coefficient (Wildman–Crippen LogP) is 5.05. The van der Waals surface area contributed by atoms with Crippen molar-refractivity contribution in [1.29, 1.82) is 0 Å². The van der Waals surface area contributed by atoms with Crippen LogP contribution in [0.2, 0.25) is 0 Å². The van der Waals surface area contributed by atoms with Gasteiger partial charge in [0.15, 0.2) is 0 Å². The molecule has 0 amide bonds. The van der Waals surface area contributed by atoms with Crippen LogP contribution in [-0.4, -0.2) is 11.6 Å². The van der Waals surface area contributed by atoms with Crippen molar-refractivity contribution in [2.24, 2.45) is 46.3 Å². The van der Waals surface area contributed by atoms with E-state index in [1.54, 1.807) is 6.92 Å². The Kier molecular flexibility index (Phi) is 3.79. The van der Waals surface area contributed by atoms with Gasteiger partial charge in [-0.1, -0.05) is 27.2 Å². The maximum atomic E-state index is 13.3. The third-order valence-electron chi connectivity index (χ3n) is 9.28. The Labute approximate surface area is 147 Å². The summed E-state index contributed by atoms with van der Waals surface area (Å²) in [6, 6.07) is 0. The normalized spacial score (nSPS) is 53.9. The molecule has 0 bridgehead atoms. The first-order valence-corrected chi connectivity index (χ1v) is 10.3. The lowest BCUT2D eigenvalue weighted by Gasteiger charge is -2.60. The fourth-order valence-corrected chi connectivity index (χ4v) is 7.83. The van der Waals surface area contributed by atoms with Crippen molar-refractivity contribution >= 4 is 11.6 Å². The van der Waals surface area contributed by atoms with E-state index in [2.05, 4.69) is 20.8 Å². The van der Waals surface area contributed by atoms with Gasteiger partial charge in [0.25, 0.3) is 0 Å². The van der Waals surface area contributed by atoms with Crippen LogP contribution >= 0.6 is 0 Å². The van der Waals surface area contributed by atoms with E-state index in [0.717, 1.165) is 31.1 Å². The third-order valence-corrected chi connectivity index (χ3v) is 9.28. The summed E-state index contributed by atoms with van der Waals surface area (Å²) in [6.45, 7) is 8.77. The van der Waals surface area contributed by atoms with Crippen LogP contribution in [0.1, 0.15) is 79.1 Å². The Morgan fingerprint density at radius 2 is 1.79 bits per heavy atom. The second-order valence-corrected chi connectivity index (χ2v) is 10.2. The fourth-order valence-electron chi connectivity index (χ4n) is 7.83. The lowest BCUT2D eigenvalue weighted by Crippen LogP contribution is -2.57. The number of hydrogen-bond acceptors (Lipinski definition) is 2. The maximum absolute atomic E-state index is 13.3. The summed E-state index contributed by atoms with van der Waals surface area (Å²) in [6.07, 6.45) is 9.47. The number of carbonyl (C=O) groups is 2. The monoisotopic (exact) mass is 330 g/mol. The number of rotatable bonds is 1. The molecule has 0 radical (unpaired) electrons. The molecule has 0 aromatic carbocycles. The molecule has 0 saturated heterocycles. The highest BCUT2D eigenvalue weighted by Crippen LogP contribution is 2.66. The van der Waals surface area contributed by atoms with Gasteiger partial charge in [0, 0.05) is 17.8 Å². The number of fused-ring (bicyclic) bond motifs is 5. The summed E-state index contributed by atoms with van der Waals surface area (Å²) in [5.74, 6) is 4.09. The average molecular weight is 331 g/mol. The van der Waals surface area contributed by atoms with E-state index in [1.807, 2.05) is 0 Å². The molecular weight excluding hydrogens is 296 g/mol. The molecule has 4 rings (SSSR count). The number of ketones is 2. The van der Waals surface area contributed by atoms with Crippen LogP contribution in [0.5, 0.6) is 0 Å². The topological polar surface area (TPSA) is 34.1 Å². The van der Waals surface area contributed by atoms with Gasteiger partial charge in [-0.3, -0.25) is 9.59 Å². The summed E-state index contributed by atoms with van der Waals surface area (Å²) in [4.78, 5) is 25.5. The van der Waals surface area contributed by atoms with E-state index >= 15 is 0 Å². The van der Waals surface area contributed by atoms with Crippen LogP contribution in [-0.2, 0) is 9.59 Å². The summed E-state index contributed by atoms with van der Waals surface area (Å²) >= 11 is 0. The molecule has 0 heterocycles. The van der Waals surface area contributed by atoms with Crippen molar-refractivity contribution in [3.8, 4) is 0 Å². The zero-order chi connectivity index (χ0) is 17.3. The van der Waals surface area contributed by atoms with E-state index in [-0.39, 0.29) is 17.1 Å². The summed E-state index contributed by atoms with van der Waals surface area (Å²) in [7, 11) is 0. The first-order valence-electron chi connectivity index (χ1n) is 10.3. The van der Waals surface area contributed by atoms with E-state index in [9.17, 15) is 9.59 Å². The van der Waals surface area contributed by atoms with Gasteiger partial charge < -0.3 is 0 Å². The molecule has 4 aliphatic carbocycles. The molecule has 0 aliphatic heterocycles. The second-order valence-electron chi connectivity index (χ2n) is 10.2. The minimum absolute atomic E-state index is 0.00661. The lowest BCUT2D eigenvalue weighted by atomic mass is 9.44.